The second-order valence-electron chi connectivity index (χ2n) is 15.9. The maximum atomic E-state index is 13.8. The average molecular weight is 1100 g/mol. The van der Waals surface area contributed by atoms with E-state index in [4.69, 9.17) is 0 Å². The summed E-state index contributed by atoms with van der Waals surface area (Å²) in [6.45, 7) is 0. The van der Waals surface area contributed by atoms with E-state index in [1.54, 1.807) is 146 Å². The summed E-state index contributed by atoms with van der Waals surface area (Å²) < 4.78 is 13.8. The molecule has 0 radical (unpaired) electrons. The molecule has 9 rings (SSSR count). The Labute approximate surface area is 461 Å². The van der Waals surface area contributed by atoms with Crippen LogP contribution in [0.1, 0.15) is 81.4 Å². The largest absolute Gasteiger partial charge is 3.00 e. The maximum absolute atomic E-state index is 13.8. The van der Waals surface area contributed by atoms with Gasteiger partial charge in [0.05, 0.1) is 19.3 Å². The molecule has 0 heterocycles. The quantitative estimate of drug-likeness (QED) is 0.0570. The number of hydrogen-bond acceptors (Lipinski definition) is 7. The van der Waals surface area contributed by atoms with E-state index in [1.165, 1.54) is 0 Å². The molecular formula is C63H51EuO7P+3. The SMILES string of the molecule is O=C(CC(=O)c1ccccc1)c1ccccc1.O=C(CC(=O)c1ccccc1)c1ccccc1.O=C(CC(=O)c1ccccc1)c1ccccc1.O=P(c1ccccc1)(c1ccccc1)c1ccccc1.[Eu+3]. The third-order valence-corrected chi connectivity index (χ3v) is 14.0. The predicted octanol–water partition coefficient (Wildman–Crippen LogP) is 12.8. The zero-order valence-electron chi connectivity index (χ0n) is 39.3. The van der Waals surface area contributed by atoms with Crippen LogP contribution in [0, 0.1) is 49.4 Å². The minimum atomic E-state index is -2.78. The molecule has 0 N–H and O–H groups in total. The monoisotopic (exact) mass is 1100 g/mol. The summed E-state index contributed by atoms with van der Waals surface area (Å²) in [6, 6.07) is 82.4. The fourth-order valence-corrected chi connectivity index (χ4v) is 9.83. The number of ketones is 6. The van der Waals surface area contributed by atoms with Gasteiger partial charge < -0.3 is 4.57 Å². The Morgan fingerprint density at radius 2 is 0.347 bits per heavy atom. The molecule has 72 heavy (non-hydrogen) atoms. The van der Waals surface area contributed by atoms with Gasteiger partial charge in [0.1, 0.15) is 0 Å². The van der Waals surface area contributed by atoms with E-state index in [1.807, 2.05) is 127 Å². The topological polar surface area (TPSA) is 119 Å². The summed E-state index contributed by atoms with van der Waals surface area (Å²) in [5, 5.41) is 2.62. The van der Waals surface area contributed by atoms with Gasteiger partial charge >= 0.3 is 49.4 Å². The molecular weight excluding hydrogens is 1050 g/mol. The summed E-state index contributed by atoms with van der Waals surface area (Å²) in [7, 11) is -2.78. The standard InChI is InChI=1S/C18H15OP.3C15H12O2.Eu/c19-20(16-10-4-1-5-11-16,17-12-6-2-7-13-17)18-14-8-3-9-15-18;3*16-14(12-7-3-1-4-8-12)11-15(17)13-9-5-2-6-10-13;/h1-15H;3*1-10H,11H2;/q;;;;+3. The molecule has 0 amide bonds. The van der Waals surface area contributed by atoms with Crippen molar-refractivity contribution in [2.45, 2.75) is 19.3 Å². The number of hydrogen-bond donors (Lipinski definition) is 0. The van der Waals surface area contributed by atoms with Crippen LogP contribution in [0.4, 0.5) is 0 Å². The molecule has 0 fully saturated rings. The molecule has 0 bridgehead atoms. The van der Waals surface area contributed by atoms with Gasteiger partial charge in [0.2, 0.25) is 0 Å². The summed E-state index contributed by atoms with van der Waals surface area (Å²) in [5.41, 5.74) is 3.48. The number of rotatable bonds is 15. The molecule has 354 valence electrons. The molecule has 0 saturated heterocycles. The third kappa shape index (κ3) is 17.0. The van der Waals surface area contributed by atoms with Crippen LogP contribution in [0.5, 0.6) is 0 Å². The normalized spacial score (nSPS) is 10.1. The van der Waals surface area contributed by atoms with Crippen molar-refractivity contribution in [2.75, 3.05) is 0 Å². The Bertz CT molecular complexity index is 2650. The summed E-state index contributed by atoms with van der Waals surface area (Å²) in [4.78, 5) is 70.8. The third-order valence-electron chi connectivity index (χ3n) is 10.9. The summed E-state index contributed by atoms with van der Waals surface area (Å²) in [5.74, 6) is -0.836. The van der Waals surface area contributed by atoms with Crippen LogP contribution in [-0.2, 0) is 4.57 Å². The van der Waals surface area contributed by atoms with Gasteiger partial charge in [-0.2, -0.15) is 0 Å². The van der Waals surface area contributed by atoms with Gasteiger partial charge in [0, 0.05) is 49.3 Å². The minimum Gasteiger partial charge on any atom is -0.309 e. The summed E-state index contributed by atoms with van der Waals surface area (Å²) in [6.07, 6.45) is -0.226. The molecule has 0 unspecified atom stereocenters. The van der Waals surface area contributed by atoms with Crippen molar-refractivity contribution in [1.82, 2.24) is 0 Å². The molecule has 9 aromatic carbocycles. The number of carbonyl (C=O) groups excluding carboxylic acids is 6. The molecule has 0 atom stereocenters. The zero-order valence-corrected chi connectivity index (χ0v) is 42.6. The van der Waals surface area contributed by atoms with E-state index in [2.05, 4.69) is 0 Å². The van der Waals surface area contributed by atoms with E-state index >= 15 is 0 Å². The van der Waals surface area contributed by atoms with Crippen molar-refractivity contribution >= 4 is 57.8 Å². The van der Waals surface area contributed by atoms with Crippen LogP contribution in [0.2, 0.25) is 0 Å². The van der Waals surface area contributed by atoms with Crippen molar-refractivity contribution in [2.24, 2.45) is 0 Å². The molecule has 7 nitrogen and oxygen atoms in total. The number of Topliss-reactive ketones (excluding diaryl/α,β-unsaturated/α-hetero) is 6. The predicted molar refractivity (Wildman–Crippen MR) is 284 cm³/mol. The van der Waals surface area contributed by atoms with Gasteiger partial charge in [-0.1, -0.05) is 273 Å². The maximum Gasteiger partial charge on any atom is 3.00 e. The molecule has 9 heteroatoms. The van der Waals surface area contributed by atoms with Gasteiger partial charge in [-0.05, 0) is 0 Å². The Kier molecular flexibility index (Phi) is 23.1. The first-order valence-electron chi connectivity index (χ1n) is 22.9. The van der Waals surface area contributed by atoms with Crippen LogP contribution in [0.3, 0.4) is 0 Å². The van der Waals surface area contributed by atoms with Gasteiger partial charge in [-0.25, -0.2) is 0 Å². The zero-order chi connectivity index (χ0) is 50.1. The van der Waals surface area contributed by atoms with Crippen molar-refractivity contribution < 1.29 is 82.7 Å². The smallest absolute Gasteiger partial charge is 0.309 e. The van der Waals surface area contributed by atoms with E-state index < -0.39 is 7.14 Å². The average Bonchev–Trinajstić information content (AvgIpc) is 3.45. The Hall–Kier alpha value is -7.19. The Morgan fingerprint density at radius 3 is 0.486 bits per heavy atom. The second kappa shape index (κ2) is 29.9. The molecule has 0 saturated carbocycles. The van der Waals surface area contributed by atoms with E-state index in [9.17, 15) is 33.3 Å². The first-order chi connectivity index (χ1) is 34.6. The van der Waals surface area contributed by atoms with E-state index in [0.29, 0.717) is 33.4 Å². The van der Waals surface area contributed by atoms with Crippen LogP contribution in [0.15, 0.2) is 273 Å². The molecule has 0 spiro atoms. The Balaban J connectivity index is 0.000000178. The summed E-state index contributed by atoms with van der Waals surface area (Å²) >= 11 is 0. The van der Waals surface area contributed by atoms with Gasteiger partial charge in [-0.15, -0.1) is 0 Å². The second-order valence-corrected chi connectivity index (χ2v) is 18.6. The fourth-order valence-electron chi connectivity index (χ4n) is 7.16. The van der Waals surface area contributed by atoms with Crippen LogP contribution in [-0.4, -0.2) is 34.7 Å². The van der Waals surface area contributed by atoms with Gasteiger partial charge in [-0.3, -0.25) is 28.8 Å². The number of benzene rings is 9. The molecule has 0 aliphatic heterocycles. The van der Waals surface area contributed by atoms with Gasteiger partial charge in [0.15, 0.2) is 41.8 Å². The van der Waals surface area contributed by atoms with E-state index in [0.717, 1.165) is 15.9 Å². The van der Waals surface area contributed by atoms with Gasteiger partial charge in [0.25, 0.3) is 0 Å². The van der Waals surface area contributed by atoms with E-state index in [-0.39, 0.29) is 103 Å². The first kappa shape index (κ1) is 55.7. The van der Waals surface area contributed by atoms with Crippen molar-refractivity contribution in [3.63, 3.8) is 0 Å². The molecule has 9 aromatic rings. The molecule has 0 aliphatic carbocycles. The molecule has 0 aliphatic rings. The van der Waals surface area contributed by atoms with Crippen molar-refractivity contribution in [1.29, 1.82) is 0 Å². The van der Waals surface area contributed by atoms with Crippen LogP contribution in [0.25, 0.3) is 0 Å². The molecule has 0 aromatic heterocycles. The van der Waals surface area contributed by atoms with Crippen LogP contribution >= 0.6 is 7.14 Å². The first-order valence-corrected chi connectivity index (χ1v) is 24.6. The number of carbonyl (C=O) groups is 6. The van der Waals surface area contributed by atoms with Crippen LogP contribution < -0.4 is 15.9 Å². The minimum absolute atomic E-state index is 0. The van der Waals surface area contributed by atoms with Crippen molar-refractivity contribution in [3.05, 3.63) is 306 Å². The fraction of sp³-hybridized carbons (Fsp3) is 0.0476. The van der Waals surface area contributed by atoms with Crippen molar-refractivity contribution in [3.8, 4) is 0 Å². The Morgan fingerprint density at radius 1 is 0.222 bits per heavy atom.